The molecule has 0 fully saturated rings. The molecule has 0 aliphatic rings. The number of nitrogens with two attached hydrogens (primary N) is 1. The van der Waals surface area contributed by atoms with Gasteiger partial charge in [-0.15, -0.1) is 0 Å². The van der Waals surface area contributed by atoms with Gasteiger partial charge in [-0.2, -0.15) is 0 Å². The van der Waals surface area contributed by atoms with E-state index in [1.165, 1.54) is 10.6 Å². The maximum absolute atomic E-state index is 10.8. The van der Waals surface area contributed by atoms with E-state index in [0.29, 0.717) is 10.9 Å². The van der Waals surface area contributed by atoms with Crippen molar-refractivity contribution in [1.82, 2.24) is 14.4 Å². The highest BCUT2D eigenvalue weighted by Gasteiger charge is 2.09. The van der Waals surface area contributed by atoms with Crippen LogP contribution in [0.5, 0.6) is 0 Å². The van der Waals surface area contributed by atoms with Crippen molar-refractivity contribution < 1.29 is 4.79 Å². The average molecular weight is 211 g/mol. The van der Waals surface area contributed by atoms with Crippen molar-refractivity contribution in [3.63, 3.8) is 0 Å². The van der Waals surface area contributed by atoms with Crippen molar-refractivity contribution >= 4 is 23.3 Å². The van der Waals surface area contributed by atoms with Crippen molar-refractivity contribution in [3.05, 3.63) is 28.8 Å². The molecule has 0 bridgehead atoms. The molecule has 14 heavy (non-hydrogen) atoms. The third-order valence-electron chi connectivity index (χ3n) is 1.77. The maximum Gasteiger partial charge on any atom is 0.268 e. The van der Waals surface area contributed by atoms with Crippen molar-refractivity contribution in [2.45, 2.75) is 6.92 Å². The first-order valence-corrected chi connectivity index (χ1v) is 4.28. The van der Waals surface area contributed by atoms with Crippen LogP contribution in [0.2, 0.25) is 5.15 Å². The molecule has 2 heterocycles. The summed E-state index contributed by atoms with van der Waals surface area (Å²) in [4.78, 5) is 18.9. The molecule has 0 saturated heterocycles. The van der Waals surface area contributed by atoms with Crippen LogP contribution >= 0.6 is 11.6 Å². The fraction of sp³-hybridized carbons (Fsp3) is 0.125. The lowest BCUT2D eigenvalue weighted by Gasteiger charge is -1.96. The van der Waals surface area contributed by atoms with E-state index in [1.54, 1.807) is 13.0 Å². The molecule has 0 spiro atoms. The van der Waals surface area contributed by atoms with Crippen LogP contribution in [0, 0.1) is 6.92 Å². The van der Waals surface area contributed by atoms with Gasteiger partial charge in [-0.1, -0.05) is 11.6 Å². The second-order valence-corrected chi connectivity index (χ2v) is 3.27. The van der Waals surface area contributed by atoms with Gasteiger partial charge in [0.15, 0.2) is 0 Å². The number of hydrogen-bond donors (Lipinski definition) is 1. The monoisotopic (exact) mass is 210 g/mol. The smallest absolute Gasteiger partial charge is 0.268 e. The third-order valence-corrected chi connectivity index (χ3v) is 2.07. The Labute approximate surface area is 84.5 Å². The quantitative estimate of drug-likeness (QED) is 0.708. The Bertz CT molecular complexity index is 519. The Morgan fingerprint density at radius 1 is 1.57 bits per heavy atom. The van der Waals surface area contributed by atoms with Crippen molar-refractivity contribution in [2.24, 2.45) is 5.73 Å². The van der Waals surface area contributed by atoms with E-state index in [1.807, 2.05) is 0 Å². The number of aryl methyl sites for hydroxylation is 1. The van der Waals surface area contributed by atoms with Gasteiger partial charge in [-0.3, -0.25) is 9.20 Å². The maximum atomic E-state index is 10.8. The number of nitrogens with zero attached hydrogens (tertiary/aromatic N) is 3. The number of amides is 1. The summed E-state index contributed by atoms with van der Waals surface area (Å²) in [6.07, 6.45) is 1.46. The normalized spacial score (nSPS) is 10.7. The zero-order valence-corrected chi connectivity index (χ0v) is 8.12. The van der Waals surface area contributed by atoms with Crippen LogP contribution in [0.4, 0.5) is 0 Å². The van der Waals surface area contributed by atoms with Crippen molar-refractivity contribution in [3.8, 4) is 0 Å². The van der Waals surface area contributed by atoms with Gasteiger partial charge in [0.05, 0.1) is 0 Å². The van der Waals surface area contributed by atoms with Crippen LogP contribution in [-0.4, -0.2) is 20.3 Å². The molecular weight excluding hydrogens is 204 g/mol. The minimum atomic E-state index is -0.593. The molecule has 6 heteroatoms. The lowest BCUT2D eigenvalue weighted by atomic mass is 10.4. The van der Waals surface area contributed by atoms with Gasteiger partial charge in [0.2, 0.25) is 5.78 Å². The highest BCUT2D eigenvalue weighted by molar-refractivity contribution is 6.29. The summed E-state index contributed by atoms with van der Waals surface area (Å²) in [5, 5.41) is 0.451. The Hall–Kier alpha value is -1.62. The van der Waals surface area contributed by atoms with E-state index in [2.05, 4.69) is 9.97 Å². The first kappa shape index (κ1) is 8.96. The number of halogens is 1. The van der Waals surface area contributed by atoms with Crippen LogP contribution in [0.3, 0.4) is 0 Å². The van der Waals surface area contributed by atoms with Crippen molar-refractivity contribution in [2.75, 3.05) is 0 Å². The molecule has 0 aliphatic heterocycles. The molecule has 0 unspecified atom stereocenters. The summed E-state index contributed by atoms with van der Waals surface area (Å²) in [6, 6.07) is 1.68. The van der Waals surface area contributed by atoms with E-state index in [-0.39, 0.29) is 5.69 Å². The first-order chi connectivity index (χ1) is 6.58. The lowest BCUT2D eigenvalue weighted by Crippen LogP contribution is -2.10. The third kappa shape index (κ3) is 1.31. The second kappa shape index (κ2) is 2.95. The minimum Gasteiger partial charge on any atom is -0.364 e. The summed E-state index contributed by atoms with van der Waals surface area (Å²) in [7, 11) is 0. The van der Waals surface area contributed by atoms with Crippen LogP contribution in [-0.2, 0) is 0 Å². The Kier molecular flexibility index (Phi) is 1.89. The molecule has 1 amide bonds. The fourth-order valence-corrected chi connectivity index (χ4v) is 1.44. The van der Waals surface area contributed by atoms with Gasteiger partial charge in [-0.25, -0.2) is 9.97 Å². The van der Waals surface area contributed by atoms with Gasteiger partial charge in [0.25, 0.3) is 5.91 Å². The molecule has 2 rings (SSSR count). The first-order valence-electron chi connectivity index (χ1n) is 3.90. The standard InChI is InChI=1S/C8H7ClN4O/c1-4-2-6(9)13-3-5(7(10)14)12-8(13)11-4/h2-3H,1H3,(H2,10,14). The number of rotatable bonds is 1. The number of carbonyl (C=O) groups is 1. The number of aromatic nitrogens is 3. The summed E-state index contributed by atoms with van der Waals surface area (Å²) < 4.78 is 1.51. The summed E-state index contributed by atoms with van der Waals surface area (Å²) in [6.45, 7) is 1.80. The molecule has 0 aliphatic carbocycles. The largest absolute Gasteiger partial charge is 0.364 e. The number of fused-ring (bicyclic) bond motifs is 1. The van der Waals surface area contributed by atoms with E-state index in [9.17, 15) is 4.79 Å². The highest BCUT2D eigenvalue weighted by Crippen LogP contribution is 2.13. The molecule has 5 nitrogen and oxygen atoms in total. The van der Waals surface area contributed by atoms with Crippen LogP contribution < -0.4 is 5.73 Å². The van der Waals surface area contributed by atoms with E-state index >= 15 is 0 Å². The lowest BCUT2D eigenvalue weighted by molar-refractivity contribution is 0.0996. The zero-order chi connectivity index (χ0) is 10.3. The van der Waals surface area contributed by atoms with Gasteiger partial charge in [0.1, 0.15) is 10.8 Å². The SMILES string of the molecule is Cc1cc(Cl)n2cc(C(N)=O)nc2n1. The summed E-state index contributed by atoms with van der Waals surface area (Å²) in [5.41, 5.74) is 5.98. The van der Waals surface area contributed by atoms with E-state index in [4.69, 9.17) is 17.3 Å². The number of hydrogen-bond acceptors (Lipinski definition) is 3. The van der Waals surface area contributed by atoms with Crippen LogP contribution in [0.15, 0.2) is 12.3 Å². The molecule has 2 aromatic rings. The molecular formula is C8H7ClN4O. The molecule has 0 aromatic carbocycles. The summed E-state index contributed by atoms with van der Waals surface area (Å²) >= 11 is 5.91. The Morgan fingerprint density at radius 3 is 2.93 bits per heavy atom. The van der Waals surface area contributed by atoms with Gasteiger partial charge in [0, 0.05) is 11.9 Å². The Morgan fingerprint density at radius 2 is 2.29 bits per heavy atom. The van der Waals surface area contributed by atoms with Crippen LogP contribution in [0.25, 0.3) is 5.78 Å². The predicted molar refractivity (Wildman–Crippen MR) is 51.3 cm³/mol. The number of carbonyl (C=O) groups excluding carboxylic acids is 1. The van der Waals surface area contributed by atoms with E-state index < -0.39 is 5.91 Å². The molecule has 2 aromatic heterocycles. The zero-order valence-electron chi connectivity index (χ0n) is 7.36. The van der Waals surface area contributed by atoms with Crippen LogP contribution in [0.1, 0.15) is 16.2 Å². The molecule has 0 saturated carbocycles. The van der Waals surface area contributed by atoms with Crippen molar-refractivity contribution in [1.29, 1.82) is 0 Å². The van der Waals surface area contributed by atoms with E-state index in [0.717, 1.165) is 5.69 Å². The second-order valence-electron chi connectivity index (χ2n) is 2.88. The van der Waals surface area contributed by atoms with Gasteiger partial charge in [-0.05, 0) is 13.0 Å². The van der Waals surface area contributed by atoms with Gasteiger partial charge >= 0.3 is 0 Å². The minimum absolute atomic E-state index is 0.157. The topological polar surface area (TPSA) is 73.3 Å². The fourth-order valence-electron chi connectivity index (χ4n) is 1.16. The highest BCUT2D eigenvalue weighted by atomic mass is 35.5. The average Bonchev–Trinajstić information content (AvgIpc) is 2.47. The number of primary amides is 1. The molecule has 72 valence electrons. The van der Waals surface area contributed by atoms with Gasteiger partial charge < -0.3 is 5.73 Å². The molecule has 2 N–H and O–H groups in total. The summed E-state index contributed by atoms with van der Waals surface area (Å²) in [5.74, 6) is -0.215. The predicted octanol–water partition coefficient (Wildman–Crippen LogP) is 0.790. The Balaban J connectivity index is 2.76. The molecule has 0 radical (unpaired) electrons. The molecule has 0 atom stereocenters. The number of imidazole rings is 1.